The topological polar surface area (TPSA) is 55.9 Å². The van der Waals surface area contributed by atoms with Gasteiger partial charge < -0.3 is 15.0 Å². The number of hydrogen-bond acceptors (Lipinski definition) is 4. The molecule has 1 aliphatic rings. The van der Waals surface area contributed by atoms with Crippen molar-refractivity contribution in [3.8, 4) is 11.1 Å². The molecule has 130 valence electrons. The number of hydrogen-bond donors (Lipinski definition) is 2. The van der Waals surface area contributed by atoms with Crippen molar-refractivity contribution in [3.05, 3.63) is 48.3 Å². The minimum absolute atomic E-state index is 0.869. The van der Waals surface area contributed by atoms with Gasteiger partial charge in [-0.25, -0.2) is 4.98 Å². The van der Waals surface area contributed by atoms with Crippen molar-refractivity contribution in [1.29, 1.82) is 0 Å². The predicted octanol–water partition coefficient (Wildman–Crippen LogP) is 1.03. The van der Waals surface area contributed by atoms with Crippen LogP contribution in [0.1, 0.15) is 5.69 Å². The van der Waals surface area contributed by atoms with Gasteiger partial charge in [-0.1, -0.05) is 30.3 Å². The molecule has 0 unspecified atom stereocenters. The maximum absolute atomic E-state index is 5.42. The fourth-order valence-corrected chi connectivity index (χ4v) is 3.31. The number of rotatable bonds is 5. The molecule has 1 saturated heterocycles. The Bertz CT molecular complexity index is 840. The molecule has 0 radical (unpaired) electrons. The second kappa shape index (κ2) is 7.21. The van der Waals surface area contributed by atoms with Gasteiger partial charge in [0.2, 0.25) is 0 Å². The highest BCUT2D eigenvalue weighted by molar-refractivity contribution is 5.78. The van der Waals surface area contributed by atoms with Crippen LogP contribution in [0.2, 0.25) is 0 Å². The normalized spacial score (nSPS) is 15.6. The number of morpholine rings is 1. The van der Waals surface area contributed by atoms with Crippen molar-refractivity contribution in [3.63, 3.8) is 0 Å². The quantitative estimate of drug-likeness (QED) is 0.730. The molecular formula is C19H24N5O+. The Morgan fingerprint density at radius 2 is 2.00 bits per heavy atom. The molecule has 4 rings (SSSR count). The Labute approximate surface area is 147 Å². The summed E-state index contributed by atoms with van der Waals surface area (Å²) in [6, 6.07) is 12.3. The first-order valence-electron chi connectivity index (χ1n) is 8.87. The number of nitrogens with zero attached hydrogens (tertiary/aromatic N) is 3. The van der Waals surface area contributed by atoms with Crippen LogP contribution in [0.15, 0.2) is 42.6 Å². The van der Waals surface area contributed by atoms with Gasteiger partial charge in [-0.05, 0) is 12.5 Å². The molecular weight excluding hydrogens is 314 g/mol. The van der Waals surface area contributed by atoms with E-state index in [1.807, 2.05) is 35.8 Å². The van der Waals surface area contributed by atoms with Gasteiger partial charge in [-0.15, -0.1) is 0 Å². The first kappa shape index (κ1) is 16.1. The Kier molecular flexibility index (Phi) is 4.63. The summed E-state index contributed by atoms with van der Waals surface area (Å²) in [6.45, 7) is 7.94. The van der Waals surface area contributed by atoms with Gasteiger partial charge in [0.1, 0.15) is 18.9 Å². The standard InChI is InChI=1S/C19H23N5O/c1-15-13-18(20-7-8-23-9-11-25-12-10-23)24-19(22-15)17(14-21-24)16-5-3-2-4-6-16/h2-6,13-14,20H,7-12H2,1H3/p+1. The van der Waals surface area contributed by atoms with E-state index in [4.69, 9.17) is 9.72 Å². The molecule has 6 heteroatoms. The van der Waals surface area contributed by atoms with E-state index in [0.717, 1.165) is 67.7 Å². The van der Waals surface area contributed by atoms with Crippen molar-refractivity contribution < 1.29 is 9.64 Å². The largest absolute Gasteiger partial charge is 0.370 e. The van der Waals surface area contributed by atoms with Crippen LogP contribution in [0, 0.1) is 6.92 Å². The molecule has 0 saturated carbocycles. The third-order valence-electron chi connectivity index (χ3n) is 4.67. The van der Waals surface area contributed by atoms with E-state index in [9.17, 15) is 0 Å². The van der Waals surface area contributed by atoms with Gasteiger partial charge in [0.05, 0.1) is 32.5 Å². The second-order valence-electron chi connectivity index (χ2n) is 6.48. The van der Waals surface area contributed by atoms with E-state index in [2.05, 4.69) is 28.6 Å². The molecule has 3 aromatic rings. The highest BCUT2D eigenvalue weighted by Gasteiger charge is 2.14. The summed E-state index contributed by atoms with van der Waals surface area (Å²) in [5.74, 6) is 0.998. The van der Waals surface area contributed by atoms with Gasteiger partial charge in [-0.3, -0.25) is 0 Å². The summed E-state index contributed by atoms with van der Waals surface area (Å²) in [6.07, 6.45) is 1.90. The molecule has 1 aromatic carbocycles. The highest BCUT2D eigenvalue weighted by Crippen LogP contribution is 2.25. The lowest BCUT2D eigenvalue weighted by molar-refractivity contribution is -0.906. The zero-order valence-electron chi connectivity index (χ0n) is 14.5. The lowest BCUT2D eigenvalue weighted by Gasteiger charge is -2.23. The van der Waals surface area contributed by atoms with E-state index in [1.165, 1.54) is 0 Å². The summed E-state index contributed by atoms with van der Waals surface area (Å²) < 4.78 is 7.33. The number of aromatic nitrogens is 3. The van der Waals surface area contributed by atoms with Crippen molar-refractivity contribution in [1.82, 2.24) is 14.6 Å². The first-order valence-corrected chi connectivity index (χ1v) is 8.87. The third kappa shape index (κ3) is 3.50. The van der Waals surface area contributed by atoms with Gasteiger partial charge in [0, 0.05) is 17.3 Å². The summed E-state index contributed by atoms with van der Waals surface area (Å²) in [5.41, 5.74) is 4.09. The summed E-state index contributed by atoms with van der Waals surface area (Å²) >= 11 is 0. The van der Waals surface area contributed by atoms with Crippen molar-refractivity contribution in [2.75, 3.05) is 44.7 Å². The lowest BCUT2D eigenvalue weighted by atomic mass is 10.1. The Morgan fingerprint density at radius 1 is 1.20 bits per heavy atom. The van der Waals surface area contributed by atoms with Gasteiger partial charge >= 0.3 is 0 Å². The first-order chi connectivity index (χ1) is 12.3. The monoisotopic (exact) mass is 338 g/mol. The average Bonchev–Trinajstić information content (AvgIpc) is 3.07. The van der Waals surface area contributed by atoms with Crippen LogP contribution in [0.4, 0.5) is 5.82 Å². The smallest absolute Gasteiger partial charge is 0.165 e. The third-order valence-corrected chi connectivity index (χ3v) is 4.67. The van der Waals surface area contributed by atoms with E-state index in [0.29, 0.717) is 0 Å². The van der Waals surface area contributed by atoms with E-state index < -0.39 is 0 Å². The molecule has 0 aliphatic carbocycles. The van der Waals surface area contributed by atoms with Crippen LogP contribution in [0.25, 0.3) is 16.8 Å². The minimum Gasteiger partial charge on any atom is -0.370 e. The number of nitrogens with one attached hydrogen (secondary N) is 2. The summed E-state index contributed by atoms with van der Waals surface area (Å²) in [4.78, 5) is 6.30. The number of quaternary nitrogens is 1. The highest BCUT2D eigenvalue weighted by atomic mass is 16.5. The molecule has 0 amide bonds. The second-order valence-corrected chi connectivity index (χ2v) is 6.48. The number of benzene rings is 1. The van der Waals surface area contributed by atoms with Crippen molar-refractivity contribution in [2.24, 2.45) is 0 Å². The minimum atomic E-state index is 0.869. The van der Waals surface area contributed by atoms with Gasteiger partial charge in [0.25, 0.3) is 0 Å². The zero-order valence-corrected chi connectivity index (χ0v) is 14.5. The number of fused-ring (bicyclic) bond motifs is 1. The van der Waals surface area contributed by atoms with Gasteiger partial charge in [-0.2, -0.15) is 9.61 Å². The number of anilines is 1. The predicted molar refractivity (Wildman–Crippen MR) is 98.0 cm³/mol. The maximum atomic E-state index is 5.42. The maximum Gasteiger partial charge on any atom is 0.165 e. The van der Waals surface area contributed by atoms with E-state index in [1.54, 1.807) is 4.90 Å². The Morgan fingerprint density at radius 3 is 2.80 bits per heavy atom. The molecule has 1 fully saturated rings. The van der Waals surface area contributed by atoms with E-state index >= 15 is 0 Å². The molecule has 0 bridgehead atoms. The molecule has 3 heterocycles. The van der Waals surface area contributed by atoms with Gasteiger partial charge in [0.15, 0.2) is 5.65 Å². The van der Waals surface area contributed by atoms with E-state index in [-0.39, 0.29) is 0 Å². The van der Waals surface area contributed by atoms with Crippen LogP contribution >= 0.6 is 0 Å². The summed E-state index contributed by atoms with van der Waals surface area (Å²) in [5, 5.41) is 8.11. The van der Waals surface area contributed by atoms with Crippen LogP contribution in [-0.2, 0) is 4.74 Å². The van der Waals surface area contributed by atoms with Crippen LogP contribution in [0.5, 0.6) is 0 Å². The van der Waals surface area contributed by atoms with Crippen LogP contribution in [0.3, 0.4) is 0 Å². The molecule has 2 N–H and O–H groups in total. The SMILES string of the molecule is Cc1cc(NCC[NH+]2CCOCC2)n2ncc(-c3ccccc3)c2n1. The molecule has 6 nitrogen and oxygen atoms in total. The Hall–Kier alpha value is -2.44. The average molecular weight is 338 g/mol. The Balaban J connectivity index is 1.56. The number of aryl methyl sites for hydroxylation is 1. The van der Waals surface area contributed by atoms with Crippen molar-refractivity contribution in [2.45, 2.75) is 6.92 Å². The fraction of sp³-hybridized carbons (Fsp3) is 0.368. The zero-order chi connectivity index (χ0) is 17.1. The van der Waals surface area contributed by atoms with Crippen LogP contribution in [-0.4, -0.2) is 54.0 Å². The molecule has 2 aromatic heterocycles. The summed E-state index contributed by atoms with van der Waals surface area (Å²) in [7, 11) is 0. The molecule has 1 aliphatic heterocycles. The molecule has 25 heavy (non-hydrogen) atoms. The fourth-order valence-electron chi connectivity index (χ4n) is 3.31. The lowest BCUT2D eigenvalue weighted by Crippen LogP contribution is -3.14. The van der Waals surface area contributed by atoms with Crippen molar-refractivity contribution >= 4 is 11.5 Å². The number of ether oxygens (including phenoxy) is 1. The molecule has 0 atom stereocenters. The van der Waals surface area contributed by atoms with Crippen LogP contribution < -0.4 is 10.2 Å². The molecule has 0 spiro atoms.